The van der Waals surface area contributed by atoms with E-state index in [1.807, 2.05) is 24.3 Å². The van der Waals surface area contributed by atoms with Gasteiger partial charge < -0.3 is 15.2 Å². The maximum absolute atomic E-state index is 11.8. The predicted octanol–water partition coefficient (Wildman–Crippen LogP) is 5.95. The van der Waals surface area contributed by atoms with Crippen LogP contribution in [0.4, 0.5) is 5.69 Å². The van der Waals surface area contributed by atoms with Crippen LogP contribution < -0.4 is 11.1 Å². The van der Waals surface area contributed by atoms with E-state index in [2.05, 4.69) is 16.4 Å². The summed E-state index contributed by atoms with van der Waals surface area (Å²) in [6, 6.07) is 7.43. The number of nitrogens with one attached hydrogen (secondary N) is 1. The summed E-state index contributed by atoms with van der Waals surface area (Å²) in [4.78, 5) is 11.8. The maximum atomic E-state index is 11.8. The first-order chi connectivity index (χ1) is 16.0. The summed E-state index contributed by atoms with van der Waals surface area (Å²) in [6.07, 6.45) is 18.9. The monoisotopic (exact) mass is 482 g/mol. The molecule has 3 N–H and O–H groups in total. The molecule has 6 nitrogen and oxygen atoms in total. The van der Waals surface area contributed by atoms with E-state index in [1.54, 1.807) is 0 Å². The molecule has 0 atom stereocenters. The molecule has 33 heavy (non-hydrogen) atoms. The topological polar surface area (TPSA) is 98.5 Å². The number of carbonyl (C=O) groups is 1. The molecule has 190 valence electrons. The molecule has 1 rings (SSSR count). The zero-order valence-corrected chi connectivity index (χ0v) is 21.5. The van der Waals surface area contributed by atoms with Crippen molar-refractivity contribution in [2.24, 2.45) is 5.73 Å². The molecule has 0 amide bonds. The molecule has 0 aliphatic carbocycles. The van der Waals surface area contributed by atoms with Crippen LogP contribution in [0.1, 0.15) is 102 Å². The fraction of sp³-hybridized carbons (Fsp3) is 0.731. The zero-order valence-electron chi connectivity index (χ0n) is 20.7. The number of benzene rings is 1. The molecular formula is C26H46N2O4S. The third-order valence-corrected chi connectivity index (χ3v) is 6.93. The summed E-state index contributed by atoms with van der Waals surface area (Å²) in [7, 11) is -3.88. The minimum atomic E-state index is -3.88. The summed E-state index contributed by atoms with van der Waals surface area (Å²) < 4.78 is 27.5. The molecule has 0 fully saturated rings. The molecular weight excluding hydrogens is 436 g/mol. The van der Waals surface area contributed by atoms with Gasteiger partial charge >= 0.3 is 16.1 Å². The molecule has 7 heteroatoms. The third-order valence-electron chi connectivity index (χ3n) is 5.75. The van der Waals surface area contributed by atoms with E-state index < -0.39 is 16.1 Å². The number of carbonyl (C=O) groups excluding carboxylic acids is 1. The predicted molar refractivity (Wildman–Crippen MR) is 138 cm³/mol. The second-order valence-corrected chi connectivity index (χ2v) is 10.6. The average molecular weight is 483 g/mol. The van der Waals surface area contributed by atoms with Gasteiger partial charge in [0.05, 0.1) is 12.2 Å². The molecule has 0 radical (unpaired) electrons. The van der Waals surface area contributed by atoms with Gasteiger partial charge in [0.25, 0.3) is 0 Å². The van der Waals surface area contributed by atoms with E-state index in [-0.39, 0.29) is 18.7 Å². The van der Waals surface area contributed by atoms with E-state index in [1.165, 1.54) is 83.5 Å². The Bertz CT molecular complexity index is 720. The number of nitrogens with two attached hydrogens (primary N) is 1. The van der Waals surface area contributed by atoms with Crippen LogP contribution in [-0.2, 0) is 25.5 Å². The van der Waals surface area contributed by atoms with Crippen LogP contribution in [0.2, 0.25) is 0 Å². The van der Waals surface area contributed by atoms with Crippen LogP contribution in [0.3, 0.4) is 0 Å². The van der Waals surface area contributed by atoms with Crippen molar-refractivity contribution in [1.29, 1.82) is 0 Å². The number of anilines is 1. The normalized spacial score (nSPS) is 11.5. The first-order valence-corrected chi connectivity index (χ1v) is 14.5. The van der Waals surface area contributed by atoms with Crippen LogP contribution >= 0.6 is 0 Å². The van der Waals surface area contributed by atoms with E-state index in [0.29, 0.717) is 5.56 Å². The fourth-order valence-corrected chi connectivity index (χ4v) is 4.53. The molecule has 1 aromatic rings. The highest BCUT2D eigenvalue weighted by atomic mass is 32.2. The van der Waals surface area contributed by atoms with Gasteiger partial charge in [-0.1, -0.05) is 103 Å². The van der Waals surface area contributed by atoms with Crippen LogP contribution in [0.25, 0.3) is 0 Å². The largest absolute Gasteiger partial charge is 0.385 e. The molecule has 1 aromatic carbocycles. The molecule has 0 aromatic heterocycles. The summed E-state index contributed by atoms with van der Waals surface area (Å²) in [5.74, 6) is -1.15. The molecule has 0 heterocycles. The summed E-state index contributed by atoms with van der Waals surface area (Å²) in [5, 5.41) is 3.40. The minimum Gasteiger partial charge on any atom is -0.385 e. The highest BCUT2D eigenvalue weighted by molar-refractivity contribution is 7.87. The second kappa shape index (κ2) is 18.8. The Balaban J connectivity index is 2.00. The van der Waals surface area contributed by atoms with Crippen LogP contribution in [0, 0.1) is 0 Å². The van der Waals surface area contributed by atoms with Crippen molar-refractivity contribution < 1.29 is 17.4 Å². The lowest BCUT2D eigenvalue weighted by atomic mass is 10.0. The average Bonchev–Trinajstić information content (AvgIpc) is 2.77. The molecule has 0 spiro atoms. The van der Waals surface area contributed by atoms with Crippen molar-refractivity contribution in [2.45, 2.75) is 103 Å². The van der Waals surface area contributed by atoms with E-state index >= 15 is 0 Å². The smallest absolute Gasteiger partial charge is 0.326 e. The van der Waals surface area contributed by atoms with E-state index in [0.717, 1.165) is 18.7 Å². The highest BCUT2D eigenvalue weighted by Gasteiger charge is 2.16. The van der Waals surface area contributed by atoms with Gasteiger partial charge in [-0.15, -0.1) is 0 Å². The molecule has 0 saturated heterocycles. The van der Waals surface area contributed by atoms with Gasteiger partial charge in [-0.25, -0.2) is 0 Å². The Morgan fingerprint density at radius 2 is 1.30 bits per heavy atom. The number of hydrogen-bond acceptors (Lipinski definition) is 6. The van der Waals surface area contributed by atoms with Gasteiger partial charge in [0.2, 0.25) is 0 Å². The quantitative estimate of drug-likeness (QED) is 0.166. The number of hydrogen-bond donors (Lipinski definition) is 2. The van der Waals surface area contributed by atoms with Gasteiger partial charge in [-0.2, -0.15) is 8.42 Å². The Morgan fingerprint density at radius 3 is 1.79 bits per heavy atom. The van der Waals surface area contributed by atoms with Crippen LogP contribution in [0.15, 0.2) is 24.3 Å². The van der Waals surface area contributed by atoms with Gasteiger partial charge in [0.1, 0.15) is 0 Å². The standard InChI is InChI=1S/C26H46N2O4S/c1-2-3-4-5-6-7-8-9-10-11-12-13-14-15-21-28-25-18-16-24(17-19-25)23-26(29)32-33(30,31)22-20-27/h16-19,28H,2-15,20-23,27H2,1H3. The fourth-order valence-electron chi connectivity index (χ4n) is 3.82. The molecule has 0 aliphatic rings. The number of rotatable bonds is 21. The first-order valence-electron chi connectivity index (χ1n) is 12.9. The van der Waals surface area contributed by atoms with Gasteiger partial charge in [0, 0.05) is 18.8 Å². The SMILES string of the molecule is CCCCCCCCCCCCCCCCNc1ccc(CC(=O)OS(=O)(=O)CCN)cc1. The first kappa shape index (κ1) is 29.4. The minimum absolute atomic E-state index is 0.0741. The van der Waals surface area contributed by atoms with E-state index in [4.69, 9.17) is 5.73 Å². The van der Waals surface area contributed by atoms with Gasteiger partial charge in [-0.05, 0) is 24.1 Å². The lowest BCUT2D eigenvalue weighted by molar-refractivity contribution is -0.133. The molecule has 0 aliphatic heterocycles. The Kier molecular flexibility index (Phi) is 16.8. The zero-order chi connectivity index (χ0) is 24.2. The van der Waals surface area contributed by atoms with E-state index in [9.17, 15) is 13.2 Å². The molecule has 0 bridgehead atoms. The molecule has 0 unspecified atom stereocenters. The second-order valence-electron chi connectivity index (χ2n) is 8.90. The lowest BCUT2D eigenvalue weighted by Crippen LogP contribution is -2.22. The third kappa shape index (κ3) is 16.6. The summed E-state index contributed by atoms with van der Waals surface area (Å²) in [6.45, 7) is 3.12. The van der Waals surface area contributed by atoms with Gasteiger partial charge in [-0.3, -0.25) is 4.79 Å². The summed E-state index contributed by atoms with van der Waals surface area (Å²) in [5.41, 5.74) is 6.91. The van der Waals surface area contributed by atoms with Crippen LogP contribution in [0.5, 0.6) is 0 Å². The summed E-state index contributed by atoms with van der Waals surface area (Å²) >= 11 is 0. The van der Waals surface area contributed by atoms with Crippen molar-refractivity contribution in [1.82, 2.24) is 0 Å². The van der Waals surface area contributed by atoms with Gasteiger partial charge in [0.15, 0.2) is 0 Å². The van der Waals surface area contributed by atoms with Crippen molar-refractivity contribution in [2.75, 3.05) is 24.2 Å². The molecule has 0 saturated carbocycles. The Morgan fingerprint density at radius 1 is 0.818 bits per heavy atom. The van der Waals surface area contributed by atoms with Crippen LogP contribution in [-0.4, -0.2) is 33.2 Å². The van der Waals surface area contributed by atoms with Crippen molar-refractivity contribution >= 4 is 21.8 Å². The van der Waals surface area contributed by atoms with Crippen molar-refractivity contribution in [3.8, 4) is 0 Å². The Hall–Kier alpha value is -1.60. The lowest BCUT2D eigenvalue weighted by Gasteiger charge is -2.08. The van der Waals surface area contributed by atoms with Crippen molar-refractivity contribution in [3.63, 3.8) is 0 Å². The Labute approximate surface area is 202 Å². The van der Waals surface area contributed by atoms with Crippen molar-refractivity contribution in [3.05, 3.63) is 29.8 Å². The maximum Gasteiger partial charge on any atom is 0.326 e. The highest BCUT2D eigenvalue weighted by Crippen LogP contribution is 2.14. The number of unbranched alkanes of at least 4 members (excludes halogenated alkanes) is 13.